The molecular formula is C26H25ClN2O2. The van der Waals surface area contributed by atoms with E-state index in [0.717, 1.165) is 52.6 Å². The Hall–Kier alpha value is -3.11. The summed E-state index contributed by atoms with van der Waals surface area (Å²) in [5, 5.41) is 2.94. The van der Waals surface area contributed by atoms with E-state index in [1.54, 1.807) is 12.1 Å². The van der Waals surface area contributed by atoms with Crippen LogP contribution in [0.5, 0.6) is 17.5 Å². The number of ether oxygens (including phenoxy) is 2. The maximum Gasteiger partial charge on any atom is 0.322 e. The minimum atomic E-state index is 0.340. The van der Waals surface area contributed by atoms with E-state index >= 15 is 0 Å². The predicted molar refractivity (Wildman–Crippen MR) is 126 cm³/mol. The van der Waals surface area contributed by atoms with Gasteiger partial charge in [0.15, 0.2) is 0 Å². The molecule has 5 heteroatoms. The first kappa shape index (κ1) is 21.1. The minimum absolute atomic E-state index is 0.340. The van der Waals surface area contributed by atoms with E-state index in [9.17, 15) is 0 Å². The average Bonchev–Trinajstić information content (AvgIpc) is 2.79. The lowest BCUT2D eigenvalue weighted by molar-refractivity contribution is 0.341. The second kappa shape index (κ2) is 9.80. The topological polar surface area (TPSA) is 44.2 Å². The molecule has 0 spiro atoms. The van der Waals surface area contributed by atoms with Crippen molar-refractivity contribution in [3.05, 3.63) is 77.6 Å². The second-order valence-corrected chi connectivity index (χ2v) is 7.73. The number of aromatic nitrogens is 2. The molecule has 0 saturated heterocycles. The molecule has 0 N–H and O–H groups in total. The third kappa shape index (κ3) is 4.97. The van der Waals surface area contributed by atoms with Gasteiger partial charge < -0.3 is 9.47 Å². The average molecular weight is 433 g/mol. The Bertz CT molecular complexity index is 1180. The monoisotopic (exact) mass is 432 g/mol. The zero-order valence-electron chi connectivity index (χ0n) is 17.8. The summed E-state index contributed by atoms with van der Waals surface area (Å²) in [4.78, 5) is 9.28. The van der Waals surface area contributed by atoms with Gasteiger partial charge in [0.05, 0.1) is 12.3 Å². The van der Waals surface area contributed by atoms with E-state index in [0.29, 0.717) is 23.4 Å². The van der Waals surface area contributed by atoms with Crippen LogP contribution in [0.25, 0.3) is 21.9 Å². The number of hydrogen-bond donors (Lipinski definition) is 0. The van der Waals surface area contributed by atoms with Gasteiger partial charge in [-0.3, -0.25) is 0 Å². The molecule has 4 aromatic rings. The van der Waals surface area contributed by atoms with Crippen molar-refractivity contribution < 1.29 is 9.47 Å². The molecule has 3 aromatic carbocycles. The number of halogens is 1. The number of hydrogen-bond acceptors (Lipinski definition) is 4. The van der Waals surface area contributed by atoms with Crippen molar-refractivity contribution >= 4 is 22.4 Å². The second-order valence-electron chi connectivity index (χ2n) is 7.29. The number of fused-ring (bicyclic) bond motifs is 1. The molecule has 0 bridgehead atoms. The van der Waals surface area contributed by atoms with Gasteiger partial charge in [-0.1, -0.05) is 49.2 Å². The van der Waals surface area contributed by atoms with Gasteiger partial charge >= 0.3 is 6.01 Å². The van der Waals surface area contributed by atoms with Crippen LogP contribution in [0.15, 0.2) is 66.9 Å². The lowest BCUT2D eigenvalue weighted by atomic mass is 9.96. The summed E-state index contributed by atoms with van der Waals surface area (Å²) in [5.74, 6) is 1.52. The first-order valence-electron chi connectivity index (χ1n) is 10.6. The Morgan fingerprint density at radius 1 is 0.903 bits per heavy atom. The van der Waals surface area contributed by atoms with Crippen LogP contribution >= 0.6 is 11.6 Å². The van der Waals surface area contributed by atoms with E-state index in [4.69, 9.17) is 26.1 Å². The largest absolute Gasteiger partial charge is 0.494 e. The Morgan fingerprint density at radius 2 is 1.71 bits per heavy atom. The molecule has 31 heavy (non-hydrogen) atoms. The van der Waals surface area contributed by atoms with E-state index in [2.05, 4.69) is 42.2 Å². The van der Waals surface area contributed by atoms with Crippen molar-refractivity contribution in [1.29, 1.82) is 0 Å². The summed E-state index contributed by atoms with van der Waals surface area (Å²) in [6, 6.07) is 20.0. The zero-order valence-corrected chi connectivity index (χ0v) is 18.5. The lowest BCUT2D eigenvalue weighted by Crippen LogP contribution is -2.00. The summed E-state index contributed by atoms with van der Waals surface area (Å²) in [6.07, 6.45) is 4.85. The fourth-order valence-corrected chi connectivity index (χ4v) is 3.68. The highest BCUT2D eigenvalue weighted by Crippen LogP contribution is 2.34. The van der Waals surface area contributed by atoms with E-state index in [-0.39, 0.29) is 0 Å². The summed E-state index contributed by atoms with van der Waals surface area (Å²) < 4.78 is 11.6. The highest BCUT2D eigenvalue weighted by atomic mass is 35.5. The molecule has 1 heterocycles. The van der Waals surface area contributed by atoms with Gasteiger partial charge in [0.2, 0.25) is 0 Å². The van der Waals surface area contributed by atoms with Crippen molar-refractivity contribution in [2.24, 2.45) is 0 Å². The molecule has 0 amide bonds. The van der Waals surface area contributed by atoms with Crippen LogP contribution in [0.2, 0.25) is 5.02 Å². The standard InChI is InChI=1S/C26H25ClN2O2/c1-3-5-9-25-24(17-28-26(29-25)31-20-14-11-19(27)12-15-20)22-8-6-7-18-10-13-21(30-4-2)16-23(18)22/h6-8,10-17H,3-5,9H2,1-2H3. The maximum absolute atomic E-state index is 5.97. The molecule has 0 aliphatic carbocycles. The van der Waals surface area contributed by atoms with Crippen LogP contribution in [0.4, 0.5) is 0 Å². The van der Waals surface area contributed by atoms with Crippen LogP contribution in [-0.4, -0.2) is 16.6 Å². The van der Waals surface area contributed by atoms with E-state index < -0.39 is 0 Å². The van der Waals surface area contributed by atoms with Crippen LogP contribution in [0, 0.1) is 0 Å². The summed E-state index contributed by atoms with van der Waals surface area (Å²) in [7, 11) is 0. The summed E-state index contributed by atoms with van der Waals surface area (Å²) in [5.41, 5.74) is 3.11. The van der Waals surface area contributed by atoms with Gasteiger partial charge in [-0.25, -0.2) is 4.98 Å². The zero-order chi connectivity index (χ0) is 21.6. The van der Waals surface area contributed by atoms with E-state index in [1.807, 2.05) is 31.3 Å². The minimum Gasteiger partial charge on any atom is -0.494 e. The Morgan fingerprint density at radius 3 is 2.48 bits per heavy atom. The number of aryl methyl sites for hydroxylation is 1. The molecule has 1 aromatic heterocycles. The normalized spacial score (nSPS) is 10.9. The summed E-state index contributed by atoms with van der Waals surface area (Å²) in [6.45, 7) is 4.81. The molecule has 4 rings (SSSR count). The lowest BCUT2D eigenvalue weighted by Gasteiger charge is -2.14. The van der Waals surface area contributed by atoms with Gasteiger partial charge in [0, 0.05) is 16.8 Å². The smallest absolute Gasteiger partial charge is 0.322 e. The van der Waals surface area contributed by atoms with Crippen LogP contribution in [0.1, 0.15) is 32.4 Å². The molecule has 0 radical (unpaired) electrons. The Kier molecular flexibility index (Phi) is 6.68. The van der Waals surface area contributed by atoms with Crippen LogP contribution < -0.4 is 9.47 Å². The van der Waals surface area contributed by atoms with E-state index in [1.165, 1.54) is 0 Å². The van der Waals surface area contributed by atoms with Gasteiger partial charge in [-0.2, -0.15) is 4.98 Å². The van der Waals surface area contributed by atoms with Gasteiger partial charge in [-0.05, 0) is 72.5 Å². The first-order chi connectivity index (χ1) is 15.2. The van der Waals surface area contributed by atoms with Crippen LogP contribution in [-0.2, 0) is 6.42 Å². The van der Waals surface area contributed by atoms with Gasteiger partial charge in [0.1, 0.15) is 11.5 Å². The quantitative estimate of drug-likeness (QED) is 0.289. The fourth-order valence-electron chi connectivity index (χ4n) is 3.56. The molecular weight excluding hydrogens is 408 g/mol. The first-order valence-corrected chi connectivity index (χ1v) is 11.0. The maximum atomic E-state index is 5.97. The molecule has 0 saturated carbocycles. The number of rotatable bonds is 8. The highest BCUT2D eigenvalue weighted by molar-refractivity contribution is 6.30. The van der Waals surface area contributed by atoms with Crippen molar-refractivity contribution in [3.8, 4) is 28.6 Å². The molecule has 158 valence electrons. The number of benzene rings is 3. The molecule has 0 unspecified atom stereocenters. The number of unbranched alkanes of at least 4 members (excludes halogenated alkanes) is 1. The summed E-state index contributed by atoms with van der Waals surface area (Å²) >= 11 is 5.97. The van der Waals surface area contributed by atoms with Crippen molar-refractivity contribution in [1.82, 2.24) is 9.97 Å². The van der Waals surface area contributed by atoms with Gasteiger partial charge in [-0.15, -0.1) is 0 Å². The number of nitrogens with zero attached hydrogens (tertiary/aromatic N) is 2. The molecule has 0 aliphatic rings. The SMILES string of the molecule is CCCCc1nc(Oc2ccc(Cl)cc2)ncc1-c1cccc2ccc(OCC)cc12. The Labute approximate surface area is 187 Å². The van der Waals surface area contributed by atoms with Crippen molar-refractivity contribution in [3.63, 3.8) is 0 Å². The molecule has 0 atom stereocenters. The van der Waals surface area contributed by atoms with Gasteiger partial charge in [0.25, 0.3) is 0 Å². The van der Waals surface area contributed by atoms with Crippen LogP contribution in [0.3, 0.4) is 0 Å². The van der Waals surface area contributed by atoms with Crippen molar-refractivity contribution in [2.75, 3.05) is 6.61 Å². The molecule has 4 nitrogen and oxygen atoms in total. The Balaban J connectivity index is 1.76. The third-order valence-electron chi connectivity index (χ3n) is 5.09. The fraction of sp³-hybridized carbons (Fsp3) is 0.231. The highest BCUT2D eigenvalue weighted by Gasteiger charge is 2.14. The third-order valence-corrected chi connectivity index (χ3v) is 5.34. The molecule has 0 fully saturated rings. The molecule has 0 aliphatic heterocycles. The predicted octanol–water partition coefficient (Wildman–Crippen LogP) is 7.48. The van der Waals surface area contributed by atoms with Crippen molar-refractivity contribution in [2.45, 2.75) is 33.1 Å².